The minimum Gasteiger partial charge on any atom is -0.493 e. The van der Waals surface area contributed by atoms with Gasteiger partial charge in [0.2, 0.25) is 0 Å². The zero-order valence-corrected chi connectivity index (χ0v) is 12.2. The Morgan fingerprint density at radius 2 is 2.00 bits per heavy atom. The second-order valence-corrected chi connectivity index (χ2v) is 5.25. The van der Waals surface area contributed by atoms with Gasteiger partial charge in [-0.15, -0.1) is 11.3 Å². The van der Waals surface area contributed by atoms with Gasteiger partial charge >= 0.3 is 0 Å². The van der Waals surface area contributed by atoms with E-state index in [0.717, 1.165) is 28.7 Å². The van der Waals surface area contributed by atoms with Crippen molar-refractivity contribution in [1.82, 2.24) is 10.3 Å². The van der Waals surface area contributed by atoms with Gasteiger partial charge < -0.3 is 14.8 Å². The van der Waals surface area contributed by atoms with E-state index in [-0.39, 0.29) is 0 Å². The Morgan fingerprint density at radius 1 is 1.26 bits per heavy atom. The summed E-state index contributed by atoms with van der Waals surface area (Å²) < 4.78 is 11.0. The summed E-state index contributed by atoms with van der Waals surface area (Å²) in [6.45, 7) is 3.34. The zero-order chi connectivity index (χ0) is 13.7. The third-order valence-corrected chi connectivity index (χ3v) is 3.83. The Kier molecular flexibility index (Phi) is 4.76. The lowest BCUT2D eigenvalue weighted by atomic mass is 10.3. The zero-order valence-electron chi connectivity index (χ0n) is 11.4. The lowest BCUT2D eigenvalue weighted by Gasteiger charge is -2.08. The van der Waals surface area contributed by atoms with Crippen LogP contribution in [0.1, 0.15) is 15.6 Å². The van der Waals surface area contributed by atoms with Gasteiger partial charge in [-0.3, -0.25) is 0 Å². The first-order chi connectivity index (χ1) is 9.24. The highest BCUT2D eigenvalue weighted by Gasteiger charge is 2.09. The molecule has 0 atom stereocenters. The Balaban J connectivity index is 2.04. The van der Waals surface area contributed by atoms with Crippen molar-refractivity contribution in [1.29, 1.82) is 0 Å². The molecule has 0 aliphatic carbocycles. The largest absolute Gasteiger partial charge is 0.493 e. The first kappa shape index (κ1) is 13.8. The van der Waals surface area contributed by atoms with Crippen molar-refractivity contribution in [2.75, 3.05) is 14.2 Å². The van der Waals surface area contributed by atoms with E-state index in [2.05, 4.69) is 10.3 Å². The molecule has 1 N–H and O–H groups in total. The molecule has 2 aromatic rings. The molecule has 0 fully saturated rings. The summed E-state index contributed by atoms with van der Waals surface area (Å²) in [7, 11) is 3.57. The molecule has 5 heteroatoms. The third kappa shape index (κ3) is 3.45. The third-order valence-electron chi connectivity index (χ3n) is 2.69. The van der Waals surface area contributed by atoms with Crippen molar-refractivity contribution < 1.29 is 9.47 Å². The molecule has 1 aromatic carbocycles. The Hall–Kier alpha value is -1.59. The smallest absolute Gasteiger partial charge is 0.161 e. The summed E-state index contributed by atoms with van der Waals surface area (Å²) in [6, 6.07) is 7.63. The van der Waals surface area contributed by atoms with Crippen LogP contribution in [-0.2, 0) is 13.2 Å². The van der Waals surface area contributed by atoms with Crippen LogP contribution in [0.25, 0.3) is 0 Å². The monoisotopic (exact) mass is 278 g/mol. The van der Waals surface area contributed by atoms with Crippen molar-refractivity contribution in [2.24, 2.45) is 0 Å². The maximum Gasteiger partial charge on any atom is 0.161 e. The molecule has 0 saturated carbocycles. The number of aryl methyl sites for hydroxylation is 1. The molecule has 102 valence electrons. The predicted octanol–water partition coefficient (Wildman–Crippen LogP) is 2.76. The summed E-state index contributed by atoms with van der Waals surface area (Å²) in [5.74, 6) is 1.49. The molecule has 1 heterocycles. The molecule has 0 saturated heterocycles. The van der Waals surface area contributed by atoms with Crippen molar-refractivity contribution in [3.05, 3.63) is 39.8 Å². The minimum atomic E-state index is 0.468. The second-order valence-electron chi connectivity index (χ2n) is 4.09. The van der Waals surface area contributed by atoms with Crippen LogP contribution in [0.5, 0.6) is 11.5 Å². The topological polar surface area (TPSA) is 43.4 Å². The average Bonchev–Trinajstić information content (AvgIpc) is 2.78. The summed E-state index contributed by atoms with van der Waals surface area (Å²) in [5.41, 5.74) is 1.07. The Bertz CT molecular complexity index is 540. The van der Waals surface area contributed by atoms with Gasteiger partial charge in [0.05, 0.1) is 12.8 Å². The molecule has 1 aromatic heterocycles. The number of nitrogens with one attached hydrogen (secondary N) is 1. The van der Waals surface area contributed by atoms with E-state index in [1.165, 1.54) is 4.88 Å². The number of hydrogen-bond donors (Lipinski definition) is 1. The highest BCUT2D eigenvalue weighted by molar-refractivity contribution is 7.11. The standard InChI is InChI=1S/C14H18N2O2S/c1-10-13(8-15-2)19-14(16-10)9-18-12-7-5-4-6-11(12)17-3/h4-7,15H,8-9H2,1-3H3. The Labute approximate surface area is 117 Å². The van der Waals surface area contributed by atoms with Gasteiger partial charge in [-0.1, -0.05) is 12.1 Å². The normalized spacial score (nSPS) is 10.5. The molecular formula is C14H18N2O2S. The van der Waals surface area contributed by atoms with Crippen molar-refractivity contribution in [2.45, 2.75) is 20.1 Å². The van der Waals surface area contributed by atoms with Crippen molar-refractivity contribution in [3.63, 3.8) is 0 Å². The average molecular weight is 278 g/mol. The highest BCUT2D eigenvalue weighted by Crippen LogP contribution is 2.27. The predicted molar refractivity (Wildman–Crippen MR) is 76.9 cm³/mol. The molecule has 0 radical (unpaired) electrons. The first-order valence-electron chi connectivity index (χ1n) is 6.10. The number of nitrogens with zero attached hydrogens (tertiary/aromatic N) is 1. The molecular weight excluding hydrogens is 260 g/mol. The fourth-order valence-corrected chi connectivity index (χ4v) is 2.75. The molecule has 4 nitrogen and oxygen atoms in total. The van der Waals surface area contributed by atoms with E-state index in [0.29, 0.717) is 6.61 Å². The van der Waals surface area contributed by atoms with Gasteiger partial charge in [0, 0.05) is 11.4 Å². The van der Waals surface area contributed by atoms with Crippen LogP contribution in [0.15, 0.2) is 24.3 Å². The molecule has 0 unspecified atom stereocenters. The SMILES string of the molecule is CNCc1sc(COc2ccccc2OC)nc1C. The molecule has 0 spiro atoms. The molecule has 19 heavy (non-hydrogen) atoms. The van der Waals surface area contributed by atoms with Crippen LogP contribution in [0.4, 0.5) is 0 Å². The van der Waals surface area contributed by atoms with Crippen LogP contribution >= 0.6 is 11.3 Å². The quantitative estimate of drug-likeness (QED) is 0.882. The van der Waals surface area contributed by atoms with E-state index >= 15 is 0 Å². The Morgan fingerprint density at radius 3 is 2.68 bits per heavy atom. The maximum absolute atomic E-state index is 5.76. The van der Waals surface area contributed by atoms with Crippen LogP contribution in [0.3, 0.4) is 0 Å². The molecule has 2 rings (SSSR count). The van der Waals surface area contributed by atoms with Crippen molar-refractivity contribution >= 4 is 11.3 Å². The minimum absolute atomic E-state index is 0.468. The lowest BCUT2D eigenvalue weighted by Crippen LogP contribution is -2.04. The van der Waals surface area contributed by atoms with Crippen LogP contribution in [0, 0.1) is 6.92 Å². The van der Waals surface area contributed by atoms with E-state index in [9.17, 15) is 0 Å². The number of ether oxygens (including phenoxy) is 2. The van der Waals surface area contributed by atoms with Crippen molar-refractivity contribution in [3.8, 4) is 11.5 Å². The van der Waals surface area contributed by atoms with Gasteiger partial charge in [-0.05, 0) is 26.1 Å². The number of rotatable bonds is 6. The molecule has 0 amide bonds. The number of para-hydroxylation sites is 2. The molecule has 0 aliphatic rings. The number of methoxy groups -OCH3 is 1. The number of hydrogen-bond acceptors (Lipinski definition) is 5. The molecule has 0 aliphatic heterocycles. The second kappa shape index (κ2) is 6.54. The van der Waals surface area contributed by atoms with E-state index in [1.54, 1.807) is 18.4 Å². The van der Waals surface area contributed by atoms with Gasteiger partial charge in [0.15, 0.2) is 11.5 Å². The first-order valence-corrected chi connectivity index (χ1v) is 6.92. The fourth-order valence-electron chi connectivity index (χ4n) is 1.75. The van der Waals surface area contributed by atoms with Gasteiger partial charge in [-0.2, -0.15) is 0 Å². The van der Waals surface area contributed by atoms with Gasteiger partial charge in [0.25, 0.3) is 0 Å². The van der Waals surface area contributed by atoms with E-state index < -0.39 is 0 Å². The molecule has 0 bridgehead atoms. The maximum atomic E-state index is 5.76. The van der Waals surface area contributed by atoms with Crippen LogP contribution in [-0.4, -0.2) is 19.1 Å². The summed E-state index contributed by atoms with van der Waals surface area (Å²) in [4.78, 5) is 5.76. The number of thiazole rings is 1. The lowest BCUT2D eigenvalue weighted by molar-refractivity contribution is 0.284. The van der Waals surface area contributed by atoms with Gasteiger partial charge in [0.1, 0.15) is 11.6 Å². The fraction of sp³-hybridized carbons (Fsp3) is 0.357. The number of benzene rings is 1. The number of aromatic nitrogens is 1. The van der Waals surface area contributed by atoms with Crippen LogP contribution < -0.4 is 14.8 Å². The van der Waals surface area contributed by atoms with E-state index in [4.69, 9.17) is 9.47 Å². The summed E-state index contributed by atoms with van der Waals surface area (Å²) >= 11 is 1.68. The summed E-state index contributed by atoms with van der Waals surface area (Å²) in [5, 5.41) is 4.12. The van der Waals surface area contributed by atoms with Gasteiger partial charge in [-0.25, -0.2) is 4.98 Å². The van der Waals surface area contributed by atoms with E-state index in [1.807, 2.05) is 38.2 Å². The highest BCUT2D eigenvalue weighted by atomic mass is 32.1. The van der Waals surface area contributed by atoms with Crippen LogP contribution in [0.2, 0.25) is 0 Å². The summed E-state index contributed by atoms with van der Waals surface area (Å²) in [6.07, 6.45) is 0.